The second-order valence-corrected chi connectivity index (χ2v) is 4.49. The summed E-state index contributed by atoms with van der Waals surface area (Å²) in [6, 6.07) is 1.66. The van der Waals surface area contributed by atoms with Gasteiger partial charge in [0.15, 0.2) is 0 Å². The first-order chi connectivity index (χ1) is 5.65. The lowest BCUT2D eigenvalue weighted by atomic mass is 10.1. The lowest BCUT2D eigenvalue weighted by molar-refractivity contribution is 0.183. The molecular weight excluding hydrogens is 146 g/mol. The molecule has 0 aromatic heterocycles. The maximum atomic E-state index is 2.67. The number of hydrogen-bond acceptors (Lipinski definition) is 1. The molecule has 1 nitrogen and oxygen atoms in total. The molecule has 0 saturated carbocycles. The van der Waals surface area contributed by atoms with Crippen molar-refractivity contribution in [2.75, 3.05) is 6.54 Å². The van der Waals surface area contributed by atoms with E-state index in [0.29, 0.717) is 0 Å². The van der Waals surface area contributed by atoms with Crippen LogP contribution >= 0.6 is 0 Å². The highest BCUT2D eigenvalue weighted by Crippen LogP contribution is 2.24. The van der Waals surface area contributed by atoms with Crippen molar-refractivity contribution in [3.8, 4) is 0 Å². The largest absolute Gasteiger partial charge is 0.298 e. The second kappa shape index (κ2) is 4.27. The van der Waals surface area contributed by atoms with Crippen molar-refractivity contribution in [1.29, 1.82) is 0 Å². The monoisotopic (exact) mass is 169 g/mol. The Hall–Kier alpha value is -0.0400. The third-order valence-corrected chi connectivity index (χ3v) is 3.35. The van der Waals surface area contributed by atoms with Gasteiger partial charge in [-0.15, -0.1) is 0 Å². The predicted molar refractivity (Wildman–Crippen MR) is 54.3 cm³/mol. The molecule has 1 aliphatic rings. The van der Waals surface area contributed by atoms with E-state index in [4.69, 9.17) is 0 Å². The molecule has 1 heterocycles. The summed E-state index contributed by atoms with van der Waals surface area (Å²) in [5, 5.41) is 0. The lowest BCUT2D eigenvalue weighted by Gasteiger charge is -2.28. The fourth-order valence-corrected chi connectivity index (χ4v) is 2.10. The van der Waals surface area contributed by atoms with Gasteiger partial charge in [0.25, 0.3) is 0 Å². The van der Waals surface area contributed by atoms with Crippen LogP contribution in [0, 0.1) is 5.92 Å². The van der Waals surface area contributed by atoms with Gasteiger partial charge in [0.2, 0.25) is 0 Å². The van der Waals surface area contributed by atoms with Crippen LogP contribution in [-0.2, 0) is 0 Å². The Balaban J connectivity index is 2.38. The Morgan fingerprint density at radius 3 is 2.17 bits per heavy atom. The Bertz CT molecular complexity index is 123. The average Bonchev–Trinajstić information content (AvgIpc) is 2.35. The molecule has 0 aromatic carbocycles. The molecule has 1 rings (SSSR count). The molecule has 0 radical (unpaired) electrons. The van der Waals surface area contributed by atoms with E-state index < -0.39 is 0 Å². The molecule has 72 valence electrons. The summed E-state index contributed by atoms with van der Waals surface area (Å²) < 4.78 is 0. The molecule has 12 heavy (non-hydrogen) atoms. The predicted octanol–water partition coefficient (Wildman–Crippen LogP) is 2.91. The highest BCUT2D eigenvalue weighted by Gasteiger charge is 2.27. The minimum atomic E-state index is 0.828. The molecule has 3 unspecified atom stereocenters. The van der Waals surface area contributed by atoms with Crippen molar-refractivity contribution < 1.29 is 0 Å². The number of hydrogen-bond donors (Lipinski definition) is 0. The first-order valence-electron chi connectivity index (χ1n) is 5.40. The SMILES string of the molecule is CCC(C)CN1C(C)CCC1C. The molecule has 0 aromatic rings. The van der Waals surface area contributed by atoms with Crippen LogP contribution in [0.3, 0.4) is 0 Å². The molecule has 1 heteroatoms. The summed E-state index contributed by atoms with van der Waals surface area (Å²) in [4.78, 5) is 2.67. The van der Waals surface area contributed by atoms with Gasteiger partial charge in [0.05, 0.1) is 0 Å². The molecule has 1 fully saturated rings. The zero-order valence-electron chi connectivity index (χ0n) is 9.01. The maximum Gasteiger partial charge on any atom is 0.00704 e. The van der Waals surface area contributed by atoms with E-state index in [0.717, 1.165) is 18.0 Å². The molecule has 0 amide bonds. The summed E-state index contributed by atoms with van der Waals surface area (Å²) in [6.07, 6.45) is 4.12. The van der Waals surface area contributed by atoms with Gasteiger partial charge in [-0.05, 0) is 32.6 Å². The zero-order chi connectivity index (χ0) is 9.14. The van der Waals surface area contributed by atoms with Gasteiger partial charge in [-0.25, -0.2) is 0 Å². The van der Waals surface area contributed by atoms with Gasteiger partial charge in [-0.3, -0.25) is 4.90 Å². The first-order valence-corrected chi connectivity index (χ1v) is 5.40. The molecule has 0 bridgehead atoms. The van der Waals surface area contributed by atoms with Gasteiger partial charge in [-0.2, -0.15) is 0 Å². The minimum absolute atomic E-state index is 0.828. The van der Waals surface area contributed by atoms with E-state index in [1.54, 1.807) is 0 Å². The van der Waals surface area contributed by atoms with Gasteiger partial charge in [0, 0.05) is 18.6 Å². The Morgan fingerprint density at radius 2 is 1.75 bits per heavy atom. The normalized spacial score (nSPS) is 34.0. The van der Waals surface area contributed by atoms with Crippen molar-refractivity contribution in [3.05, 3.63) is 0 Å². The Morgan fingerprint density at radius 1 is 1.25 bits per heavy atom. The third-order valence-electron chi connectivity index (χ3n) is 3.35. The number of rotatable bonds is 3. The summed E-state index contributed by atoms with van der Waals surface area (Å²) in [5.74, 6) is 0.869. The van der Waals surface area contributed by atoms with E-state index in [1.165, 1.54) is 25.8 Å². The van der Waals surface area contributed by atoms with Crippen molar-refractivity contribution in [3.63, 3.8) is 0 Å². The first kappa shape index (κ1) is 10.0. The zero-order valence-corrected chi connectivity index (χ0v) is 9.01. The summed E-state index contributed by atoms with van der Waals surface area (Å²) in [5.41, 5.74) is 0. The van der Waals surface area contributed by atoms with Gasteiger partial charge in [0.1, 0.15) is 0 Å². The highest BCUT2D eigenvalue weighted by molar-refractivity contribution is 4.82. The summed E-state index contributed by atoms with van der Waals surface area (Å²) in [6.45, 7) is 10.7. The summed E-state index contributed by atoms with van der Waals surface area (Å²) in [7, 11) is 0. The highest BCUT2D eigenvalue weighted by atomic mass is 15.2. The molecule has 0 aliphatic carbocycles. The summed E-state index contributed by atoms with van der Waals surface area (Å²) >= 11 is 0. The van der Waals surface area contributed by atoms with Crippen LogP contribution in [0.1, 0.15) is 47.0 Å². The van der Waals surface area contributed by atoms with Crippen LogP contribution in [0.25, 0.3) is 0 Å². The molecule has 0 N–H and O–H groups in total. The Kier molecular flexibility index (Phi) is 3.57. The van der Waals surface area contributed by atoms with E-state index in [-0.39, 0.29) is 0 Å². The quantitative estimate of drug-likeness (QED) is 0.628. The van der Waals surface area contributed by atoms with Gasteiger partial charge >= 0.3 is 0 Å². The molecule has 1 aliphatic heterocycles. The van der Waals surface area contributed by atoms with Crippen molar-refractivity contribution in [2.24, 2.45) is 5.92 Å². The van der Waals surface area contributed by atoms with Crippen LogP contribution in [0.2, 0.25) is 0 Å². The van der Waals surface area contributed by atoms with Gasteiger partial charge < -0.3 is 0 Å². The van der Waals surface area contributed by atoms with E-state index >= 15 is 0 Å². The Labute approximate surface area is 77.1 Å². The molecule has 0 spiro atoms. The molecule has 1 saturated heterocycles. The van der Waals surface area contributed by atoms with Crippen molar-refractivity contribution >= 4 is 0 Å². The van der Waals surface area contributed by atoms with Crippen LogP contribution in [0.15, 0.2) is 0 Å². The lowest BCUT2D eigenvalue weighted by Crippen LogP contribution is -2.36. The fourth-order valence-electron chi connectivity index (χ4n) is 2.10. The van der Waals surface area contributed by atoms with E-state index in [1.807, 2.05) is 0 Å². The number of likely N-dealkylation sites (tertiary alicyclic amines) is 1. The second-order valence-electron chi connectivity index (χ2n) is 4.49. The fraction of sp³-hybridized carbons (Fsp3) is 1.00. The van der Waals surface area contributed by atoms with Crippen molar-refractivity contribution in [1.82, 2.24) is 4.90 Å². The average molecular weight is 169 g/mol. The van der Waals surface area contributed by atoms with Crippen molar-refractivity contribution in [2.45, 2.75) is 59.0 Å². The van der Waals surface area contributed by atoms with Crippen LogP contribution in [0.4, 0.5) is 0 Å². The molecule has 3 atom stereocenters. The van der Waals surface area contributed by atoms with Gasteiger partial charge in [-0.1, -0.05) is 20.3 Å². The smallest absolute Gasteiger partial charge is 0.00704 e. The molecular formula is C11H23N. The topological polar surface area (TPSA) is 3.24 Å². The standard InChI is InChI=1S/C11H23N/c1-5-9(2)8-12-10(3)6-7-11(12)4/h9-11H,5-8H2,1-4H3. The van der Waals surface area contributed by atoms with E-state index in [9.17, 15) is 0 Å². The minimum Gasteiger partial charge on any atom is -0.298 e. The van der Waals surface area contributed by atoms with Crippen LogP contribution in [-0.4, -0.2) is 23.5 Å². The maximum absolute atomic E-state index is 2.67. The number of nitrogens with zero attached hydrogens (tertiary/aromatic N) is 1. The third kappa shape index (κ3) is 2.22. The van der Waals surface area contributed by atoms with Crippen LogP contribution in [0.5, 0.6) is 0 Å². The van der Waals surface area contributed by atoms with Crippen LogP contribution < -0.4 is 0 Å². The van der Waals surface area contributed by atoms with E-state index in [2.05, 4.69) is 32.6 Å².